The molecule has 2 aliphatic rings. The number of carbonyl (C=O) groups excluding carboxylic acids is 1. The van der Waals surface area contributed by atoms with Crippen molar-refractivity contribution in [2.24, 2.45) is 17.8 Å². The molecule has 1 N–H and O–H groups in total. The van der Waals surface area contributed by atoms with E-state index in [4.69, 9.17) is 4.74 Å². The van der Waals surface area contributed by atoms with Gasteiger partial charge in [-0.05, 0) is 36.8 Å². The van der Waals surface area contributed by atoms with Crippen molar-refractivity contribution in [3.63, 3.8) is 0 Å². The normalized spacial score (nSPS) is 26.4. The smallest absolute Gasteiger partial charge is 0.229 e. The van der Waals surface area contributed by atoms with E-state index >= 15 is 0 Å². The second-order valence-corrected chi connectivity index (χ2v) is 6.76. The van der Waals surface area contributed by atoms with Crippen LogP contribution < -0.4 is 10.1 Å². The lowest BCUT2D eigenvalue weighted by molar-refractivity contribution is -0.120. The van der Waals surface area contributed by atoms with E-state index in [1.807, 2.05) is 18.2 Å². The first-order valence-electron chi connectivity index (χ1n) is 7.16. The van der Waals surface area contributed by atoms with E-state index in [2.05, 4.69) is 22.5 Å². The van der Waals surface area contributed by atoms with Crippen LogP contribution in [0.2, 0.25) is 0 Å². The number of carbonyl (C=O) groups is 1. The molecule has 1 amide bonds. The van der Waals surface area contributed by atoms with Crippen LogP contribution in [0.25, 0.3) is 10.2 Å². The molecule has 0 aliphatic heterocycles. The number of fused-ring (bicyclic) bond motifs is 3. The third-order valence-corrected chi connectivity index (χ3v) is 5.39. The van der Waals surface area contributed by atoms with Gasteiger partial charge < -0.3 is 10.1 Å². The first kappa shape index (κ1) is 12.8. The predicted octanol–water partition coefficient (Wildman–Crippen LogP) is 3.46. The zero-order valence-corrected chi connectivity index (χ0v) is 12.5. The standard InChI is InChI=1S/C16H16N2O2S/c1-20-11-4-5-14-13(8-11)17-16(21-14)18-15(19)12-7-9-2-3-10(12)6-9/h2-5,8-10,12H,6-7H2,1H3,(H,17,18,19). The Balaban J connectivity index is 1.54. The quantitative estimate of drug-likeness (QED) is 0.883. The Morgan fingerprint density at radius 1 is 1.38 bits per heavy atom. The van der Waals surface area contributed by atoms with Crippen LogP contribution in [0.1, 0.15) is 12.8 Å². The first-order valence-corrected chi connectivity index (χ1v) is 7.98. The maximum Gasteiger partial charge on any atom is 0.229 e. The molecule has 0 spiro atoms. The van der Waals surface area contributed by atoms with Gasteiger partial charge >= 0.3 is 0 Å². The molecule has 1 saturated carbocycles. The highest BCUT2D eigenvalue weighted by molar-refractivity contribution is 7.22. The molecule has 5 heteroatoms. The molecule has 2 bridgehead atoms. The second-order valence-electron chi connectivity index (χ2n) is 5.73. The van der Waals surface area contributed by atoms with E-state index in [0.29, 0.717) is 17.0 Å². The fraction of sp³-hybridized carbons (Fsp3) is 0.375. The Hall–Kier alpha value is -1.88. The van der Waals surface area contributed by atoms with Gasteiger partial charge in [0, 0.05) is 12.0 Å². The summed E-state index contributed by atoms with van der Waals surface area (Å²) in [6.07, 6.45) is 6.56. The number of aromatic nitrogens is 1. The molecule has 3 atom stereocenters. The predicted molar refractivity (Wildman–Crippen MR) is 83.6 cm³/mol. The molecule has 1 aromatic carbocycles. The number of allylic oxidation sites excluding steroid dienone is 2. The van der Waals surface area contributed by atoms with Crippen molar-refractivity contribution in [3.8, 4) is 5.75 Å². The van der Waals surface area contributed by atoms with Crippen LogP contribution in [0.4, 0.5) is 5.13 Å². The average Bonchev–Trinajstić information content (AvgIpc) is 3.20. The van der Waals surface area contributed by atoms with Crippen LogP contribution in [0.15, 0.2) is 30.4 Å². The van der Waals surface area contributed by atoms with Crippen LogP contribution in [0.5, 0.6) is 5.75 Å². The number of nitrogens with zero attached hydrogens (tertiary/aromatic N) is 1. The summed E-state index contributed by atoms with van der Waals surface area (Å²) in [6, 6.07) is 5.77. The summed E-state index contributed by atoms with van der Waals surface area (Å²) in [5.74, 6) is 2.03. The minimum Gasteiger partial charge on any atom is -0.497 e. The monoisotopic (exact) mass is 300 g/mol. The van der Waals surface area contributed by atoms with E-state index in [9.17, 15) is 4.79 Å². The van der Waals surface area contributed by atoms with Crippen LogP contribution in [-0.4, -0.2) is 18.0 Å². The number of anilines is 1. The summed E-state index contributed by atoms with van der Waals surface area (Å²) in [5, 5.41) is 3.67. The van der Waals surface area contributed by atoms with Crippen LogP contribution in [0, 0.1) is 17.8 Å². The summed E-state index contributed by atoms with van der Waals surface area (Å²) in [7, 11) is 1.64. The lowest BCUT2D eigenvalue weighted by Crippen LogP contribution is -2.25. The van der Waals surface area contributed by atoms with E-state index in [0.717, 1.165) is 28.8 Å². The van der Waals surface area contributed by atoms with Gasteiger partial charge in [-0.3, -0.25) is 4.79 Å². The molecule has 21 heavy (non-hydrogen) atoms. The largest absolute Gasteiger partial charge is 0.497 e. The summed E-state index contributed by atoms with van der Waals surface area (Å²) < 4.78 is 6.25. The second kappa shape index (κ2) is 4.84. The number of hydrogen-bond donors (Lipinski definition) is 1. The minimum absolute atomic E-state index is 0.109. The molecular weight excluding hydrogens is 284 g/mol. The Bertz CT molecular complexity index is 737. The Labute approximate surface area is 126 Å². The molecule has 0 radical (unpaired) electrons. The fourth-order valence-electron chi connectivity index (χ4n) is 3.37. The maximum atomic E-state index is 12.4. The molecule has 4 rings (SSSR count). The van der Waals surface area contributed by atoms with E-state index < -0.39 is 0 Å². The highest BCUT2D eigenvalue weighted by Crippen LogP contribution is 2.44. The Morgan fingerprint density at radius 3 is 3.00 bits per heavy atom. The van der Waals surface area contributed by atoms with Gasteiger partial charge in [0.25, 0.3) is 0 Å². The number of nitrogens with one attached hydrogen (secondary N) is 1. The molecule has 4 nitrogen and oxygen atoms in total. The number of thiazole rings is 1. The fourth-order valence-corrected chi connectivity index (χ4v) is 4.22. The van der Waals surface area contributed by atoms with Gasteiger partial charge in [-0.25, -0.2) is 4.98 Å². The lowest BCUT2D eigenvalue weighted by atomic mass is 9.93. The summed E-state index contributed by atoms with van der Waals surface area (Å²) >= 11 is 1.51. The van der Waals surface area contributed by atoms with Crippen LogP contribution in [0.3, 0.4) is 0 Å². The van der Waals surface area contributed by atoms with Crippen molar-refractivity contribution in [2.45, 2.75) is 12.8 Å². The van der Waals surface area contributed by atoms with Gasteiger partial charge in [-0.15, -0.1) is 0 Å². The SMILES string of the molecule is COc1ccc2sc(NC(=O)C3CC4C=CC3C4)nc2c1. The molecule has 2 aliphatic carbocycles. The zero-order valence-electron chi connectivity index (χ0n) is 11.7. The summed E-state index contributed by atoms with van der Waals surface area (Å²) in [4.78, 5) is 16.9. The van der Waals surface area contributed by atoms with Crippen LogP contribution >= 0.6 is 11.3 Å². The van der Waals surface area contributed by atoms with Gasteiger partial charge in [0.15, 0.2) is 5.13 Å². The number of methoxy groups -OCH3 is 1. The van der Waals surface area contributed by atoms with Crippen molar-refractivity contribution in [3.05, 3.63) is 30.4 Å². The number of ether oxygens (including phenoxy) is 1. The van der Waals surface area contributed by atoms with Crippen molar-refractivity contribution >= 4 is 32.6 Å². The summed E-state index contributed by atoms with van der Waals surface area (Å²) in [5.41, 5.74) is 0.863. The van der Waals surface area contributed by atoms with E-state index in [1.54, 1.807) is 7.11 Å². The molecule has 3 unspecified atom stereocenters. The zero-order chi connectivity index (χ0) is 14.4. The van der Waals surface area contributed by atoms with Gasteiger partial charge in [0.05, 0.1) is 17.3 Å². The van der Waals surface area contributed by atoms with Gasteiger partial charge in [0.1, 0.15) is 5.75 Å². The molecule has 1 heterocycles. The van der Waals surface area contributed by atoms with Gasteiger partial charge in [0.2, 0.25) is 5.91 Å². The first-order chi connectivity index (χ1) is 10.2. The molecular formula is C16H16N2O2S. The average molecular weight is 300 g/mol. The Morgan fingerprint density at radius 2 is 2.29 bits per heavy atom. The van der Waals surface area contributed by atoms with Gasteiger partial charge in [-0.1, -0.05) is 23.5 Å². The number of benzene rings is 1. The molecule has 1 fully saturated rings. The minimum atomic E-state index is 0.109. The number of amides is 1. The van der Waals surface area contributed by atoms with Gasteiger partial charge in [-0.2, -0.15) is 0 Å². The maximum absolute atomic E-state index is 12.4. The third kappa shape index (κ3) is 2.21. The Kier molecular flexibility index (Phi) is 2.96. The molecule has 108 valence electrons. The van der Waals surface area contributed by atoms with Crippen LogP contribution in [-0.2, 0) is 4.79 Å². The molecule has 1 aromatic heterocycles. The van der Waals surface area contributed by atoms with Crippen molar-refractivity contribution in [2.75, 3.05) is 12.4 Å². The van der Waals surface area contributed by atoms with Crippen molar-refractivity contribution in [1.29, 1.82) is 0 Å². The van der Waals surface area contributed by atoms with Crippen molar-refractivity contribution in [1.82, 2.24) is 4.98 Å². The third-order valence-electron chi connectivity index (χ3n) is 4.44. The topological polar surface area (TPSA) is 51.2 Å². The lowest BCUT2D eigenvalue weighted by Gasteiger charge is -2.16. The highest BCUT2D eigenvalue weighted by atomic mass is 32.1. The number of rotatable bonds is 3. The molecule has 0 saturated heterocycles. The van der Waals surface area contributed by atoms with E-state index in [1.165, 1.54) is 11.3 Å². The molecule has 2 aromatic rings. The summed E-state index contributed by atoms with van der Waals surface area (Å²) in [6.45, 7) is 0. The van der Waals surface area contributed by atoms with Crippen molar-refractivity contribution < 1.29 is 9.53 Å². The van der Waals surface area contributed by atoms with E-state index in [-0.39, 0.29) is 11.8 Å². The number of hydrogen-bond acceptors (Lipinski definition) is 4. The highest BCUT2D eigenvalue weighted by Gasteiger charge is 2.39.